The van der Waals surface area contributed by atoms with E-state index in [1.807, 2.05) is 28.3 Å². The SMILES string of the molecule is CCn1nc2c(c1C(=O)N1CCC(CN3CCNC3=O)CC1)C[C@H](C)O[C@@H]2C. The van der Waals surface area contributed by atoms with Crippen molar-refractivity contribution in [1.82, 2.24) is 24.9 Å². The lowest BCUT2D eigenvalue weighted by molar-refractivity contribution is -0.00717. The molecule has 3 amide bonds. The number of amides is 3. The molecular formula is C20H31N5O3. The van der Waals surface area contributed by atoms with Gasteiger partial charge in [0.2, 0.25) is 0 Å². The zero-order chi connectivity index (χ0) is 19.8. The second-order valence-corrected chi connectivity index (χ2v) is 8.23. The average molecular weight is 390 g/mol. The van der Waals surface area contributed by atoms with Crippen LogP contribution in [-0.4, -0.2) is 70.3 Å². The molecule has 0 aromatic carbocycles. The lowest BCUT2D eigenvalue weighted by atomic mass is 9.95. The fourth-order valence-corrected chi connectivity index (χ4v) is 4.73. The van der Waals surface area contributed by atoms with Crippen molar-refractivity contribution in [3.8, 4) is 0 Å². The van der Waals surface area contributed by atoms with Crippen LogP contribution in [0, 0.1) is 5.92 Å². The molecule has 0 bridgehead atoms. The maximum atomic E-state index is 13.4. The molecule has 0 unspecified atom stereocenters. The van der Waals surface area contributed by atoms with Gasteiger partial charge in [0, 0.05) is 51.3 Å². The molecule has 3 aliphatic rings. The Kier molecular flexibility index (Phi) is 5.31. The molecule has 3 aliphatic heterocycles. The lowest BCUT2D eigenvalue weighted by Gasteiger charge is -2.34. The summed E-state index contributed by atoms with van der Waals surface area (Å²) in [4.78, 5) is 29.0. The molecule has 28 heavy (non-hydrogen) atoms. The molecule has 1 aromatic heterocycles. The first-order valence-electron chi connectivity index (χ1n) is 10.5. The van der Waals surface area contributed by atoms with Crippen molar-refractivity contribution in [3.63, 3.8) is 0 Å². The van der Waals surface area contributed by atoms with E-state index >= 15 is 0 Å². The van der Waals surface area contributed by atoms with Gasteiger partial charge in [-0.2, -0.15) is 5.10 Å². The number of carbonyl (C=O) groups is 2. The van der Waals surface area contributed by atoms with Crippen LogP contribution in [0.4, 0.5) is 4.79 Å². The highest BCUT2D eigenvalue weighted by Gasteiger charge is 2.35. The Hall–Kier alpha value is -2.09. The molecule has 2 atom stereocenters. The number of aromatic nitrogens is 2. The van der Waals surface area contributed by atoms with Crippen LogP contribution in [0.1, 0.15) is 61.5 Å². The number of hydrogen-bond acceptors (Lipinski definition) is 4. The predicted octanol–water partition coefficient (Wildman–Crippen LogP) is 1.80. The zero-order valence-electron chi connectivity index (χ0n) is 17.1. The third kappa shape index (κ3) is 3.50. The second kappa shape index (κ2) is 7.73. The number of carbonyl (C=O) groups excluding carboxylic acids is 2. The first-order valence-corrected chi connectivity index (χ1v) is 10.5. The summed E-state index contributed by atoms with van der Waals surface area (Å²) >= 11 is 0. The number of urea groups is 1. The molecule has 4 rings (SSSR count). The molecule has 1 aromatic rings. The van der Waals surface area contributed by atoms with Gasteiger partial charge in [0.25, 0.3) is 5.91 Å². The van der Waals surface area contributed by atoms with Crippen molar-refractivity contribution >= 4 is 11.9 Å². The predicted molar refractivity (Wildman–Crippen MR) is 104 cm³/mol. The van der Waals surface area contributed by atoms with Crippen molar-refractivity contribution in [2.45, 2.75) is 58.8 Å². The monoisotopic (exact) mass is 389 g/mol. The van der Waals surface area contributed by atoms with E-state index in [-0.39, 0.29) is 24.1 Å². The van der Waals surface area contributed by atoms with Gasteiger partial charge in [0.05, 0.1) is 17.9 Å². The van der Waals surface area contributed by atoms with Crippen molar-refractivity contribution in [1.29, 1.82) is 0 Å². The van der Waals surface area contributed by atoms with E-state index in [1.165, 1.54) is 0 Å². The van der Waals surface area contributed by atoms with Crippen molar-refractivity contribution in [3.05, 3.63) is 17.0 Å². The fourth-order valence-electron chi connectivity index (χ4n) is 4.73. The maximum Gasteiger partial charge on any atom is 0.317 e. The minimum absolute atomic E-state index is 0.0439. The van der Waals surface area contributed by atoms with Crippen molar-refractivity contribution < 1.29 is 14.3 Å². The Morgan fingerprint density at radius 3 is 2.64 bits per heavy atom. The van der Waals surface area contributed by atoms with Crippen LogP contribution in [0.15, 0.2) is 0 Å². The molecule has 0 aliphatic carbocycles. The minimum Gasteiger partial charge on any atom is -0.369 e. The number of piperidine rings is 1. The van der Waals surface area contributed by atoms with Crippen molar-refractivity contribution in [2.75, 3.05) is 32.7 Å². The maximum absolute atomic E-state index is 13.4. The van der Waals surface area contributed by atoms with Gasteiger partial charge < -0.3 is 19.9 Å². The van der Waals surface area contributed by atoms with E-state index in [0.29, 0.717) is 12.5 Å². The summed E-state index contributed by atoms with van der Waals surface area (Å²) < 4.78 is 7.75. The largest absolute Gasteiger partial charge is 0.369 e. The van der Waals surface area contributed by atoms with E-state index in [9.17, 15) is 9.59 Å². The molecule has 8 heteroatoms. The number of nitrogens with zero attached hydrogens (tertiary/aromatic N) is 4. The molecule has 0 spiro atoms. The number of rotatable bonds is 4. The molecule has 1 N–H and O–H groups in total. The number of fused-ring (bicyclic) bond motifs is 1. The number of likely N-dealkylation sites (tertiary alicyclic amines) is 1. The van der Waals surface area contributed by atoms with E-state index in [1.54, 1.807) is 0 Å². The van der Waals surface area contributed by atoms with Gasteiger partial charge in [-0.1, -0.05) is 0 Å². The number of hydrogen-bond donors (Lipinski definition) is 1. The van der Waals surface area contributed by atoms with Gasteiger partial charge in [-0.3, -0.25) is 9.48 Å². The van der Waals surface area contributed by atoms with Crippen LogP contribution in [0.3, 0.4) is 0 Å². The molecule has 0 radical (unpaired) electrons. The van der Waals surface area contributed by atoms with Crippen LogP contribution in [0.2, 0.25) is 0 Å². The fraction of sp³-hybridized carbons (Fsp3) is 0.750. The summed E-state index contributed by atoms with van der Waals surface area (Å²) in [6.45, 7) is 10.6. The summed E-state index contributed by atoms with van der Waals surface area (Å²) in [6.07, 6.45) is 2.64. The first kappa shape index (κ1) is 19.2. The Labute approximate surface area is 166 Å². The van der Waals surface area contributed by atoms with E-state index in [2.05, 4.69) is 17.3 Å². The van der Waals surface area contributed by atoms with Gasteiger partial charge in [-0.05, 0) is 39.5 Å². The summed E-state index contributed by atoms with van der Waals surface area (Å²) in [5.41, 5.74) is 2.73. The van der Waals surface area contributed by atoms with Gasteiger partial charge in [-0.25, -0.2) is 4.79 Å². The number of ether oxygens (including phenoxy) is 1. The highest BCUT2D eigenvalue weighted by Crippen LogP contribution is 2.32. The number of aryl methyl sites for hydroxylation is 1. The van der Waals surface area contributed by atoms with Crippen LogP contribution < -0.4 is 5.32 Å². The summed E-state index contributed by atoms with van der Waals surface area (Å²) in [6, 6.07) is 0.0439. The summed E-state index contributed by atoms with van der Waals surface area (Å²) in [5, 5.41) is 7.54. The summed E-state index contributed by atoms with van der Waals surface area (Å²) in [5.74, 6) is 0.556. The normalized spacial score (nSPS) is 25.8. The topological polar surface area (TPSA) is 79.7 Å². The first-order chi connectivity index (χ1) is 13.5. The zero-order valence-corrected chi connectivity index (χ0v) is 17.1. The van der Waals surface area contributed by atoms with E-state index in [0.717, 1.165) is 68.9 Å². The Bertz CT molecular complexity index is 753. The Morgan fingerprint density at radius 1 is 1.25 bits per heavy atom. The second-order valence-electron chi connectivity index (χ2n) is 8.23. The highest BCUT2D eigenvalue weighted by molar-refractivity contribution is 5.94. The molecule has 0 saturated carbocycles. The third-order valence-corrected chi connectivity index (χ3v) is 6.22. The molecule has 2 saturated heterocycles. The average Bonchev–Trinajstić information content (AvgIpc) is 3.25. The van der Waals surface area contributed by atoms with Crippen LogP contribution in [0.5, 0.6) is 0 Å². The molecule has 8 nitrogen and oxygen atoms in total. The standard InChI is InChI=1S/C20H31N5O3/c1-4-25-18(16-11-13(2)28-14(3)17(16)22-25)19(26)23-8-5-15(6-9-23)12-24-10-7-21-20(24)27/h13-15H,4-12H2,1-3H3,(H,21,27)/t13-,14+/m0/s1. The third-order valence-electron chi connectivity index (χ3n) is 6.22. The van der Waals surface area contributed by atoms with Crippen LogP contribution in [0.25, 0.3) is 0 Å². The van der Waals surface area contributed by atoms with Crippen LogP contribution in [-0.2, 0) is 17.7 Å². The Morgan fingerprint density at radius 2 is 2.00 bits per heavy atom. The van der Waals surface area contributed by atoms with Crippen molar-refractivity contribution in [2.24, 2.45) is 5.92 Å². The molecular weight excluding hydrogens is 358 g/mol. The van der Waals surface area contributed by atoms with Gasteiger partial charge in [0.15, 0.2) is 0 Å². The van der Waals surface area contributed by atoms with Gasteiger partial charge in [0.1, 0.15) is 5.69 Å². The quantitative estimate of drug-likeness (QED) is 0.852. The van der Waals surface area contributed by atoms with Crippen LogP contribution >= 0.6 is 0 Å². The minimum atomic E-state index is -0.0737. The smallest absolute Gasteiger partial charge is 0.317 e. The van der Waals surface area contributed by atoms with Gasteiger partial charge >= 0.3 is 6.03 Å². The molecule has 2 fully saturated rings. The van der Waals surface area contributed by atoms with E-state index < -0.39 is 0 Å². The lowest BCUT2D eigenvalue weighted by Crippen LogP contribution is -2.43. The molecule has 4 heterocycles. The molecule has 154 valence electrons. The Balaban J connectivity index is 1.45. The summed E-state index contributed by atoms with van der Waals surface area (Å²) in [7, 11) is 0. The number of nitrogens with one attached hydrogen (secondary N) is 1. The van der Waals surface area contributed by atoms with Gasteiger partial charge in [-0.15, -0.1) is 0 Å². The highest BCUT2D eigenvalue weighted by atomic mass is 16.5. The van der Waals surface area contributed by atoms with E-state index in [4.69, 9.17) is 4.74 Å².